The van der Waals surface area contributed by atoms with Crippen molar-refractivity contribution in [1.29, 1.82) is 0 Å². The third-order valence-corrected chi connectivity index (χ3v) is 5.58. The molecule has 1 N–H and O–H groups in total. The number of aromatic nitrogens is 1. The van der Waals surface area contributed by atoms with E-state index in [0.717, 1.165) is 11.6 Å². The second-order valence-corrected chi connectivity index (χ2v) is 6.89. The lowest BCUT2D eigenvalue weighted by atomic mass is 9.88. The molecular formula is C19H23N3. The van der Waals surface area contributed by atoms with Crippen LogP contribution in [0.3, 0.4) is 0 Å². The van der Waals surface area contributed by atoms with Gasteiger partial charge in [0.1, 0.15) is 0 Å². The zero-order valence-corrected chi connectivity index (χ0v) is 13.0. The van der Waals surface area contributed by atoms with Crippen molar-refractivity contribution in [3.05, 3.63) is 41.4 Å². The Labute approximate surface area is 132 Å². The zero-order chi connectivity index (χ0) is 14.9. The van der Waals surface area contributed by atoms with E-state index in [0.29, 0.717) is 5.92 Å². The van der Waals surface area contributed by atoms with Crippen molar-refractivity contribution in [3.63, 3.8) is 0 Å². The summed E-state index contributed by atoms with van der Waals surface area (Å²) in [4.78, 5) is 9.67. The number of hydrogen-bond acceptors (Lipinski definition) is 1. The summed E-state index contributed by atoms with van der Waals surface area (Å²) in [6, 6.07) is 6.03. The normalized spacial score (nSPS) is 25.8. The van der Waals surface area contributed by atoms with Crippen LogP contribution in [0.2, 0.25) is 0 Å². The molecule has 22 heavy (non-hydrogen) atoms. The minimum absolute atomic E-state index is 0.662. The zero-order valence-electron chi connectivity index (χ0n) is 13.0. The maximum atomic E-state index is 7.25. The van der Waals surface area contributed by atoms with Crippen molar-refractivity contribution in [3.8, 4) is 0 Å². The SMILES string of the molecule is [C-]#[N+]c1ccc2[nH]cc([C@H]3CCC[C@@H]3CN3CCCC3)c2c1. The van der Waals surface area contributed by atoms with Crippen LogP contribution in [0.15, 0.2) is 24.4 Å². The smallest absolute Gasteiger partial charge is 0.187 e. The first-order valence-electron chi connectivity index (χ1n) is 8.56. The molecule has 0 unspecified atom stereocenters. The van der Waals surface area contributed by atoms with Crippen LogP contribution in [0.4, 0.5) is 5.69 Å². The van der Waals surface area contributed by atoms with Crippen LogP contribution in [0.1, 0.15) is 43.6 Å². The molecule has 2 aliphatic rings. The van der Waals surface area contributed by atoms with E-state index in [9.17, 15) is 0 Å². The first kappa shape index (κ1) is 13.8. The third-order valence-electron chi connectivity index (χ3n) is 5.58. The summed E-state index contributed by atoms with van der Waals surface area (Å²) in [5.41, 5.74) is 3.37. The number of nitrogens with one attached hydrogen (secondary N) is 1. The van der Waals surface area contributed by atoms with E-state index < -0.39 is 0 Å². The predicted molar refractivity (Wildman–Crippen MR) is 90.3 cm³/mol. The first-order chi connectivity index (χ1) is 10.8. The van der Waals surface area contributed by atoms with Crippen LogP contribution in [0, 0.1) is 12.5 Å². The van der Waals surface area contributed by atoms with Gasteiger partial charge in [-0.05, 0) is 73.7 Å². The van der Waals surface area contributed by atoms with Crippen LogP contribution in [-0.4, -0.2) is 29.5 Å². The molecule has 0 radical (unpaired) electrons. The highest BCUT2D eigenvalue weighted by Gasteiger charge is 2.32. The molecule has 1 saturated heterocycles. The first-order valence-corrected chi connectivity index (χ1v) is 8.56. The molecule has 114 valence electrons. The highest BCUT2D eigenvalue weighted by molar-refractivity contribution is 5.87. The van der Waals surface area contributed by atoms with Crippen LogP contribution in [0.25, 0.3) is 15.7 Å². The summed E-state index contributed by atoms with van der Waals surface area (Å²) in [6.07, 6.45) is 8.95. The molecule has 3 heteroatoms. The van der Waals surface area contributed by atoms with Gasteiger partial charge in [-0.1, -0.05) is 12.5 Å². The van der Waals surface area contributed by atoms with E-state index >= 15 is 0 Å². The van der Waals surface area contributed by atoms with Gasteiger partial charge in [-0.25, -0.2) is 4.85 Å². The van der Waals surface area contributed by atoms with E-state index in [1.807, 2.05) is 6.07 Å². The molecule has 1 saturated carbocycles. The monoisotopic (exact) mass is 293 g/mol. The quantitative estimate of drug-likeness (QED) is 0.815. The van der Waals surface area contributed by atoms with E-state index in [1.54, 1.807) is 0 Å². The molecule has 1 aromatic heterocycles. The summed E-state index contributed by atoms with van der Waals surface area (Å²) >= 11 is 0. The largest absolute Gasteiger partial charge is 0.361 e. The van der Waals surface area contributed by atoms with Crippen molar-refractivity contribution >= 4 is 16.6 Å². The van der Waals surface area contributed by atoms with Gasteiger partial charge >= 0.3 is 0 Å². The minimum Gasteiger partial charge on any atom is -0.361 e. The molecule has 3 nitrogen and oxygen atoms in total. The van der Waals surface area contributed by atoms with Crippen molar-refractivity contribution < 1.29 is 0 Å². The Morgan fingerprint density at radius 2 is 2.05 bits per heavy atom. The second kappa shape index (κ2) is 5.78. The molecule has 2 aromatic rings. The van der Waals surface area contributed by atoms with Gasteiger partial charge in [0.25, 0.3) is 0 Å². The van der Waals surface area contributed by atoms with E-state index in [2.05, 4.69) is 33.1 Å². The number of fused-ring (bicyclic) bond motifs is 1. The summed E-state index contributed by atoms with van der Waals surface area (Å²) in [7, 11) is 0. The molecule has 0 bridgehead atoms. The number of H-pyrrole nitrogens is 1. The predicted octanol–water partition coefficient (Wildman–Crippen LogP) is 4.70. The lowest BCUT2D eigenvalue weighted by molar-refractivity contribution is 0.267. The Hall–Kier alpha value is -1.79. The van der Waals surface area contributed by atoms with Crippen LogP contribution >= 0.6 is 0 Å². The average Bonchev–Trinajstić information content (AvgIpc) is 3.27. The highest BCUT2D eigenvalue weighted by atomic mass is 15.1. The van der Waals surface area contributed by atoms with E-state index in [4.69, 9.17) is 6.57 Å². The molecule has 2 fully saturated rings. The number of hydrogen-bond donors (Lipinski definition) is 1. The fourth-order valence-corrected chi connectivity index (χ4v) is 4.47. The van der Waals surface area contributed by atoms with Gasteiger partial charge in [0.2, 0.25) is 0 Å². The fourth-order valence-electron chi connectivity index (χ4n) is 4.47. The molecule has 1 aliphatic carbocycles. The van der Waals surface area contributed by atoms with E-state index in [-0.39, 0.29) is 0 Å². The Morgan fingerprint density at radius 1 is 1.18 bits per heavy atom. The molecule has 4 rings (SSSR count). The van der Waals surface area contributed by atoms with Gasteiger partial charge < -0.3 is 9.88 Å². The minimum atomic E-state index is 0.662. The highest BCUT2D eigenvalue weighted by Crippen LogP contribution is 2.43. The second-order valence-electron chi connectivity index (χ2n) is 6.89. The van der Waals surface area contributed by atoms with Gasteiger partial charge in [0, 0.05) is 18.3 Å². The van der Waals surface area contributed by atoms with Crippen LogP contribution in [-0.2, 0) is 0 Å². The summed E-state index contributed by atoms with van der Waals surface area (Å²) in [5.74, 6) is 1.45. The van der Waals surface area contributed by atoms with Gasteiger partial charge in [-0.3, -0.25) is 0 Å². The summed E-state index contributed by atoms with van der Waals surface area (Å²) < 4.78 is 0. The number of nitrogens with zero attached hydrogens (tertiary/aromatic N) is 2. The fraction of sp³-hybridized carbons (Fsp3) is 0.526. The molecule has 2 heterocycles. The number of aromatic amines is 1. The Balaban J connectivity index is 1.63. The Kier molecular flexibility index (Phi) is 3.63. The van der Waals surface area contributed by atoms with Gasteiger partial charge in [-0.2, -0.15) is 0 Å². The van der Waals surface area contributed by atoms with Crippen LogP contribution < -0.4 is 0 Å². The molecule has 0 amide bonds. The average molecular weight is 293 g/mol. The molecule has 2 atom stereocenters. The third kappa shape index (κ3) is 2.42. The molecular weight excluding hydrogens is 270 g/mol. The summed E-state index contributed by atoms with van der Waals surface area (Å²) in [6.45, 7) is 11.1. The number of rotatable bonds is 3. The van der Waals surface area contributed by atoms with Gasteiger partial charge in [0.05, 0.1) is 6.57 Å². The standard InChI is InChI=1S/C19H23N3/c1-20-15-7-8-19-17(11-15)18(12-21-19)16-6-4-5-14(16)13-22-9-2-3-10-22/h7-8,11-12,14,16,21H,2-6,9-10,13H2/t14-,16+/m1/s1. The van der Waals surface area contributed by atoms with Crippen molar-refractivity contribution in [2.45, 2.75) is 38.0 Å². The molecule has 1 aromatic carbocycles. The maximum absolute atomic E-state index is 7.25. The van der Waals surface area contributed by atoms with Gasteiger partial charge in [0.15, 0.2) is 5.69 Å². The summed E-state index contributed by atoms with van der Waals surface area (Å²) in [5, 5.41) is 1.27. The van der Waals surface area contributed by atoms with Crippen LogP contribution in [0.5, 0.6) is 0 Å². The molecule has 1 aliphatic heterocycles. The number of likely N-dealkylation sites (tertiary alicyclic amines) is 1. The number of benzene rings is 1. The van der Waals surface area contributed by atoms with Crippen molar-refractivity contribution in [2.24, 2.45) is 5.92 Å². The maximum Gasteiger partial charge on any atom is 0.187 e. The molecule has 0 spiro atoms. The van der Waals surface area contributed by atoms with Crippen molar-refractivity contribution in [2.75, 3.05) is 19.6 Å². The lowest BCUT2D eigenvalue weighted by Crippen LogP contribution is -2.27. The topological polar surface area (TPSA) is 23.4 Å². The van der Waals surface area contributed by atoms with E-state index in [1.165, 1.54) is 68.2 Å². The Bertz CT molecular complexity index is 703. The Morgan fingerprint density at radius 3 is 2.86 bits per heavy atom. The lowest BCUT2D eigenvalue weighted by Gasteiger charge is -2.25. The van der Waals surface area contributed by atoms with Crippen molar-refractivity contribution in [1.82, 2.24) is 9.88 Å². The van der Waals surface area contributed by atoms with Gasteiger partial charge in [-0.15, -0.1) is 0 Å².